The Morgan fingerprint density at radius 1 is 1.16 bits per heavy atom. The number of H-pyrrole nitrogens is 1. The van der Waals surface area contributed by atoms with Gasteiger partial charge in [0.05, 0.1) is 29.4 Å². The quantitative estimate of drug-likeness (QED) is 0.113. The van der Waals surface area contributed by atoms with Gasteiger partial charge in [-0.3, -0.25) is 9.59 Å². The molecule has 0 amide bonds. The zero-order chi connectivity index (χ0) is 31.1. The van der Waals surface area contributed by atoms with Crippen molar-refractivity contribution in [3.8, 4) is 17.1 Å². The van der Waals surface area contributed by atoms with E-state index >= 15 is 0 Å². The summed E-state index contributed by atoms with van der Waals surface area (Å²) in [6.45, 7) is 7.27. The molecule has 3 aromatic rings. The molecule has 4 rings (SSSR count). The SMILES string of the molecule is CCCOc1ccc(S(=O)(=O)N2CCC(CCCO[N+](=O)[O-])CC2)cc1-c1nc2c(CCC)c(C=O)n(CC)c2c(=O)[nH]1. The van der Waals surface area contributed by atoms with Crippen LogP contribution in [-0.2, 0) is 27.8 Å². The Kier molecular flexibility index (Phi) is 10.6. The third-order valence-corrected chi connectivity index (χ3v) is 9.71. The molecule has 0 spiro atoms. The van der Waals surface area contributed by atoms with Crippen LogP contribution in [0.15, 0.2) is 27.9 Å². The van der Waals surface area contributed by atoms with Crippen molar-refractivity contribution in [1.82, 2.24) is 18.8 Å². The highest BCUT2D eigenvalue weighted by atomic mass is 32.2. The lowest BCUT2D eigenvalue weighted by atomic mass is 9.93. The number of aromatic amines is 1. The number of aryl methyl sites for hydroxylation is 2. The van der Waals surface area contributed by atoms with E-state index in [-0.39, 0.29) is 23.2 Å². The minimum atomic E-state index is -3.88. The van der Waals surface area contributed by atoms with Gasteiger partial charge in [-0.15, -0.1) is 10.1 Å². The normalized spacial score (nSPS) is 14.7. The van der Waals surface area contributed by atoms with Crippen molar-refractivity contribution < 1.29 is 27.9 Å². The van der Waals surface area contributed by atoms with Gasteiger partial charge in [0, 0.05) is 25.2 Å². The Hall–Kier alpha value is -3.78. The van der Waals surface area contributed by atoms with Gasteiger partial charge in [0.25, 0.3) is 10.6 Å². The standard InChI is InChI=1S/C29H39N5O8S/c1-4-8-22-24(19-35)33(6-3)27-26(22)30-28(31-29(27)36)23-18-21(10-11-25(23)41-16-5-2)43(39,40)32-14-12-20(13-15-32)9-7-17-42-34(37)38/h10-11,18-20H,4-9,12-17H2,1-3H3,(H,30,31,36). The lowest BCUT2D eigenvalue weighted by Crippen LogP contribution is -2.38. The Morgan fingerprint density at radius 3 is 2.53 bits per heavy atom. The topological polar surface area (TPSA) is 167 Å². The summed E-state index contributed by atoms with van der Waals surface area (Å²) < 4.78 is 36.5. The van der Waals surface area contributed by atoms with E-state index in [0.717, 1.165) is 25.5 Å². The molecular weight excluding hydrogens is 578 g/mol. The number of carbonyl (C=O) groups excluding carboxylic acids is 1. The number of piperidine rings is 1. The maximum absolute atomic E-state index is 13.7. The molecule has 0 bridgehead atoms. The number of benzene rings is 1. The average molecular weight is 618 g/mol. The molecule has 1 N–H and O–H groups in total. The van der Waals surface area contributed by atoms with Crippen LogP contribution in [0, 0.1) is 16.0 Å². The maximum Gasteiger partial charge on any atom is 0.294 e. The smallest absolute Gasteiger partial charge is 0.294 e. The van der Waals surface area contributed by atoms with Crippen molar-refractivity contribution in [2.24, 2.45) is 5.92 Å². The van der Waals surface area contributed by atoms with Crippen LogP contribution >= 0.6 is 0 Å². The highest BCUT2D eigenvalue weighted by Gasteiger charge is 2.30. The number of rotatable bonds is 15. The fraction of sp³-hybridized carbons (Fsp3) is 0.552. The number of hydrogen-bond acceptors (Lipinski definition) is 9. The molecule has 0 aliphatic carbocycles. The molecule has 1 saturated heterocycles. The van der Waals surface area contributed by atoms with Crippen LogP contribution in [0.3, 0.4) is 0 Å². The fourth-order valence-electron chi connectivity index (χ4n) is 5.71. The van der Waals surface area contributed by atoms with Crippen LogP contribution in [0.1, 0.15) is 75.3 Å². The molecule has 234 valence electrons. The second kappa shape index (κ2) is 14.1. The molecular formula is C29H39N5O8S. The number of nitrogens with one attached hydrogen (secondary N) is 1. The molecule has 43 heavy (non-hydrogen) atoms. The minimum absolute atomic E-state index is 0.0300. The van der Waals surface area contributed by atoms with Crippen molar-refractivity contribution in [3.05, 3.63) is 49.9 Å². The Balaban J connectivity index is 1.69. The van der Waals surface area contributed by atoms with Crippen LogP contribution in [0.2, 0.25) is 0 Å². The number of fused-ring (bicyclic) bond motifs is 1. The molecule has 1 fully saturated rings. The van der Waals surface area contributed by atoms with E-state index in [2.05, 4.69) is 9.82 Å². The van der Waals surface area contributed by atoms with Crippen molar-refractivity contribution in [3.63, 3.8) is 0 Å². The molecule has 3 heterocycles. The summed E-state index contributed by atoms with van der Waals surface area (Å²) in [6.07, 6.45) is 5.31. The largest absolute Gasteiger partial charge is 0.493 e. The lowest BCUT2D eigenvalue weighted by Gasteiger charge is -2.31. The highest BCUT2D eigenvalue weighted by molar-refractivity contribution is 7.89. The number of sulfonamides is 1. The van der Waals surface area contributed by atoms with Crippen LogP contribution < -0.4 is 10.3 Å². The van der Waals surface area contributed by atoms with Crippen LogP contribution in [0.4, 0.5) is 0 Å². The third kappa shape index (κ3) is 6.90. The molecule has 1 aromatic carbocycles. The summed E-state index contributed by atoms with van der Waals surface area (Å²) in [5, 5.41) is 9.54. The third-order valence-electron chi connectivity index (χ3n) is 7.81. The number of aldehydes is 1. The average Bonchev–Trinajstić information content (AvgIpc) is 3.31. The predicted octanol–water partition coefficient (Wildman–Crippen LogP) is 4.35. The lowest BCUT2D eigenvalue weighted by molar-refractivity contribution is -0.757. The molecule has 1 aliphatic rings. The number of carbonyl (C=O) groups is 1. The van der Waals surface area contributed by atoms with Crippen molar-refractivity contribution in [1.29, 1.82) is 0 Å². The van der Waals surface area contributed by atoms with Gasteiger partial charge in [0.15, 0.2) is 6.29 Å². The Morgan fingerprint density at radius 2 is 1.91 bits per heavy atom. The Bertz CT molecular complexity index is 1620. The van der Waals surface area contributed by atoms with Crippen LogP contribution in [0.25, 0.3) is 22.4 Å². The first-order valence-electron chi connectivity index (χ1n) is 14.8. The summed E-state index contributed by atoms with van der Waals surface area (Å²) in [5.41, 5.74) is 1.76. The molecule has 0 unspecified atom stereocenters. The van der Waals surface area contributed by atoms with Crippen molar-refractivity contribution in [2.75, 3.05) is 26.3 Å². The Labute approximate surface area is 250 Å². The minimum Gasteiger partial charge on any atom is -0.493 e. The van der Waals surface area contributed by atoms with E-state index in [1.54, 1.807) is 10.6 Å². The molecule has 13 nitrogen and oxygen atoms in total. The molecule has 1 aliphatic heterocycles. The van der Waals surface area contributed by atoms with E-state index < -0.39 is 20.7 Å². The monoisotopic (exact) mass is 617 g/mol. The molecule has 2 aromatic heterocycles. The van der Waals surface area contributed by atoms with Gasteiger partial charge in [-0.05, 0) is 69.6 Å². The maximum atomic E-state index is 13.7. The summed E-state index contributed by atoms with van der Waals surface area (Å²) in [6, 6.07) is 4.58. The van der Waals surface area contributed by atoms with Crippen molar-refractivity contribution >= 4 is 27.3 Å². The van der Waals surface area contributed by atoms with Gasteiger partial charge in [-0.25, -0.2) is 13.4 Å². The van der Waals surface area contributed by atoms with E-state index in [9.17, 15) is 28.1 Å². The van der Waals surface area contributed by atoms with Gasteiger partial charge in [0.1, 0.15) is 22.6 Å². The highest BCUT2D eigenvalue weighted by Crippen LogP contribution is 2.34. The van der Waals surface area contributed by atoms with E-state index in [4.69, 9.17) is 9.72 Å². The molecule has 0 radical (unpaired) electrons. The van der Waals surface area contributed by atoms with E-state index in [0.29, 0.717) is 85.5 Å². The van der Waals surface area contributed by atoms with E-state index in [1.807, 2.05) is 20.8 Å². The van der Waals surface area contributed by atoms with Crippen LogP contribution in [-0.4, -0.2) is 64.9 Å². The first kappa shape index (κ1) is 32.1. The number of hydrogen-bond donors (Lipinski definition) is 1. The first-order valence-corrected chi connectivity index (χ1v) is 16.2. The number of nitrogens with zero attached hydrogens (tertiary/aromatic N) is 4. The molecule has 14 heteroatoms. The number of ether oxygens (including phenoxy) is 1. The second-order valence-electron chi connectivity index (χ2n) is 10.6. The summed E-state index contributed by atoms with van der Waals surface area (Å²) in [7, 11) is -3.88. The summed E-state index contributed by atoms with van der Waals surface area (Å²) in [5.74, 6) is 0.813. The first-order chi connectivity index (χ1) is 20.7. The summed E-state index contributed by atoms with van der Waals surface area (Å²) in [4.78, 5) is 47.8. The van der Waals surface area contributed by atoms with Gasteiger partial charge < -0.3 is 19.1 Å². The van der Waals surface area contributed by atoms with Crippen molar-refractivity contribution in [2.45, 2.75) is 77.2 Å². The molecule has 0 atom stereocenters. The predicted molar refractivity (Wildman–Crippen MR) is 160 cm³/mol. The summed E-state index contributed by atoms with van der Waals surface area (Å²) >= 11 is 0. The van der Waals surface area contributed by atoms with Crippen LogP contribution in [0.5, 0.6) is 5.75 Å². The fourth-order valence-corrected chi connectivity index (χ4v) is 7.21. The van der Waals surface area contributed by atoms with Gasteiger partial charge in [0.2, 0.25) is 10.0 Å². The van der Waals surface area contributed by atoms with Gasteiger partial charge in [-0.2, -0.15) is 4.31 Å². The molecule has 0 saturated carbocycles. The number of aromatic nitrogens is 3. The second-order valence-corrected chi connectivity index (χ2v) is 12.6. The van der Waals surface area contributed by atoms with E-state index in [1.165, 1.54) is 16.4 Å². The zero-order valence-corrected chi connectivity index (χ0v) is 25.7. The zero-order valence-electron chi connectivity index (χ0n) is 24.8. The van der Waals surface area contributed by atoms with Gasteiger partial charge >= 0.3 is 0 Å². The van der Waals surface area contributed by atoms with Gasteiger partial charge in [-0.1, -0.05) is 20.3 Å².